The molecule has 2 heterocycles. The van der Waals surface area contributed by atoms with Crippen LogP contribution in [0.25, 0.3) is 11.1 Å². The number of benzene rings is 1. The molecule has 0 atom stereocenters. The van der Waals surface area contributed by atoms with Crippen LogP contribution < -0.4 is 5.32 Å². The van der Waals surface area contributed by atoms with Crippen molar-refractivity contribution in [1.82, 2.24) is 4.98 Å². The second-order valence-electron chi connectivity index (χ2n) is 7.15. The number of nitrogens with one attached hydrogen (secondary N) is 1. The van der Waals surface area contributed by atoms with Gasteiger partial charge in [0.15, 0.2) is 18.6 Å². The Hall–Kier alpha value is -3.20. The molecule has 1 aromatic carbocycles. The molecule has 9 heteroatoms. The van der Waals surface area contributed by atoms with Gasteiger partial charge in [-0.05, 0) is 56.4 Å². The molecule has 31 heavy (non-hydrogen) atoms. The maximum Gasteiger partial charge on any atom is 0.341 e. The van der Waals surface area contributed by atoms with Gasteiger partial charge in [-0.1, -0.05) is 6.42 Å². The van der Waals surface area contributed by atoms with Crippen molar-refractivity contribution >= 4 is 45.3 Å². The molecular formula is C22H22N2O6S. The van der Waals surface area contributed by atoms with E-state index in [1.54, 1.807) is 19.1 Å². The Morgan fingerprint density at radius 2 is 1.97 bits per heavy atom. The van der Waals surface area contributed by atoms with Crippen molar-refractivity contribution in [1.29, 1.82) is 0 Å². The van der Waals surface area contributed by atoms with Gasteiger partial charge in [0, 0.05) is 4.88 Å². The highest BCUT2D eigenvalue weighted by Gasteiger charge is 2.26. The van der Waals surface area contributed by atoms with Gasteiger partial charge >= 0.3 is 11.9 Å². The van der Waals surface area contributed by atoms with E-state index in [4.69, 9.17) is 13.9 Å². The number of ether oxygens (including phenoxy) is 2. The average Bonchev–Trinajstić information content (AvgIpc) is 3.29. The van der Waals surface area contributed by atoms with Gasteiger partial charge < -0.3 is 19.2 Å². The lowest BCUT2D eigenvalue weighted by atomic mass is 10.1. The number of carbonyl (C=O) groups excluding carboxylic acids is 3. The number of aryl methyl sites for hydroxylation is 1. The second-order valence-corrected chi connectivity index (χ2v) is 8.25. The monoisotopic (exact) mass is 442 g/mol. The maximum absolute atomic E-state index is 12.6. The van der Waals surface area contributed by atoms with Crippen molar-refractivity contribution < 1.29 is 28.3 Å². The molecule has 1 aliphatic rings. The summed E-state index contributed by atoms with van der Waals surface area (Å²) in [5.74, 6) is -1.60. The Morgan fingerprint density at radius 3 is 2.81 bits per heavy atom. The molecule has 8 nitrogen and oxygen atoms in total. The molecule has 0 spiro atoms. The van der Waals surface area contributed by atoms with Crippen LogP contribution in [-0.4, -0.2) is 36.0 Å². The Balaban J connectivity index is 1.45. The Labute approximate surface area is 182 Å². The summed E-state index contributed by atoms with van der Waals surface area (Å²) in [6, 6.07) is 4.69. The van der Waals surface area contributed by atoms with E-state index in [1.165, 1.54) is 23.8 Å². The zero-order chi connectivity index (χ0) is 21.8. The molecule has 4 rings (SSSR count). The van der Waals surface area contributed by atoms with Gasteiger partial charge in [0.2, 0.25) is 0 Å². The number of hydrogen-bond acceptors (Lipinski definition) is 8. The summed E-state index contributed by atoms with van der Waals surface area (Å²) in [4.78, 5) is 42.4. The number of fused-ring (bicyclic) bond motifs is 2. The number of esters is 2. The van der Waals surface area contributed by atoms with Crippen molar-refractivity contribution in [3.05, 3.63) is 46.2 Å². The van der Waals surface area contributed by atoms with E-state index in [1.807, 2.05) is 0 Å². The van der Waals surface area contributed by atoms with Crippen LogP contribution in [0.5, 0.6) is 0 Å². The molecule has 1 N–H and O–H groups in total. The number of carbonyl (C=O) groups is 3. The first-order valence-electron chi connectivity index (χ1n) is 10.2. The average molecular weight is 442 g/mol. The number of oxazole rings is 1. The lowest BCUT2D eigenvalue weighted by Crippen LogP contribution is -2.22. The Morgan fingerprint density at radius 1 is 1.13 bits per heavy atom. The van der Waals surface area contributed by atoms with Gasteiger partial charge in [-0.15, -0.1) is 11.3 Å². The smallest absolute Gasteiger partial charge is 0.341 e. The molecule has 2 aromatic heterocycles. The number of thiophene rings is 1. The van der Waals surface area contributed by atoms with Crippen molar-refractivity contribution in [2.45, 2.75) is 39.0 Å². The van der Waals surface area contributed by atoms with E-state index in [-0.39, 0.29) is 12.2 Å². The molecular weight excluding hydrogens is 420 g/mol. The first kappa shape index (κ1) is 21.0. The van der Waals surface area contributed by atoms with Gasteiger partial charge in [-0.3, -0.25) is 4.79 Å². The fourth-order valence-electron chi connectivity index (χ4n) is 3.61. The Kier molecular flexibility index (Phi) is 6.31. The lowest BCUT2D eigenvalue weighted by Gasteiger charge is -2.09. The number of rotatable bonds is 6. The van der Waals surface area contributed by atoms with Crippen molar-refractivity contribution in [3.8, 4) is 0 Å². The first-order chi connectivity index (χ1) is 15.1. The molecule has 0 bridgehead atoms. The zero-order valence-corrected chi connectivity index (χ0v) is 17.9. The summed E-state index contributed by atoms with van der Waals surface area (Å²) in [5.41, 5.74) is 2.75. The number of anilines is 1. The summed E-state index contributed by atoms with van der Waals surface area (Å²) in [6.45, 7) is 1.53. The van der Waals surface area contributed by atoms with E-state index in [9.17, 15) is 14.4 Å². The van der Waals surface area contributed by atoms with Crippen LogP contribution >= 0.6 is 11.3 Å². The molecule has 0 aliphatic heterocycles. The minimum Gasteiger partial charge on any atom is -0.462 e. The number of hydrogen-bond donors (Lipinski definition) is 1. The van der Waals surface area contributed by atoms with Gasteiger partial charge in [-0.25, -0.2) is 14.6 Å². The van der Waals surface area contributed by atoms with Gasteiger partial charge in [-0.2, -0.15) is 0 Å². The van der Waals surface area contributed by atoms with Crippen LogP contribution in [0, 0.1) is 0 Å². The molecule has 0 fully saturated rings. The normalized spacial score (nSPS) is 13.3. The SMILES string of the molecule is CCOC(=O)c1c(NC(=O)COC(=O)c2ccc3ocnc3c2)sc2c1CCCCC2. The highest BCUT2D eigenvalue weighted by molar-refractivity contribution is 7.17. The fraction of sp³-hybridized carbons (Fsp3) is 0.364. The summed E-state index contributed by atoms with van der Waals surface area (Å²) in [6.07, 6.45) is 6.11. The third kappa shape index (κ3) is 4.61. The van der Waals surface area contributed by atoms with Gasteiger partial charge in [0.25, 0.3) is 5.91 Å². The maximum atomic E-state index is 12.6. The minimum atomic E-state index is -0.646. The highest BCUT2D eigenvalue weighted by atomic mass is 32.1. The fourth-order valence-corrected chi connectivity index (χ4v) is 4.91. The quantitative estimate of drug-likeness (QED) is 0.452. The topological polar surface area (TPSA) is 108 Å². The molecule has 1 amide bonds. The van der Waals surface area contributed by atoms with Crippen molar-refractivity contribution in [3.63, 3.8) is 0 Å². The van der Waals surface area contributed by atoms with Crippen LogP contribution in [0.1, 0.15) is 57.3 Å². The number of aromatic nitrogens is 1. The van der Waals surface area contributed by atoms with Gasteiger partial charge in [0.05, 0.1) is 17.7 Å². The molecule has 0 radical (unpaired) electrons. The summed E-state index contributed by atoms with van der Waals surface area (Å²) >= 11 is 1.40. The molecule has 1 aliphatic carbocycles. The first-order valence-corrected chi connectivity index (χ1v) is 11.0. The van der Waals surface area contributed by atoms with Crippen LogP contribution in [0.3, 0.4) is 0 Å². The minimum absolute atomic E-state index is 0.254. The predicted molar refractivity (Wildman–Crippen MR) is 114 cm³/mol. The molecule has 0 saturated heterocycles. The van der Waals surface area contributed by atoms with Crippen LogP contribution in [0.4, 0.5) is 5.00 Å². The van der Waals surface area contributed by atoms with E-state index < -0.39 is 24.5 Å². The highest BCUT2D eigenvalue weighted by Crippen LogP contribution is 2.38. The predicted octanol–water partition coefficient (Wildman–Crippen LogP) is 4.13. The third-order valence-corrected chi connectivity index (χ3v) is 6.26. The third-order valence-electron chi connectivity index (χ3n) is 5.05. The van der Waals surface area contributed by atoms with E-state index in [0.29, 0.717) is 21.7 Å². The van der Waals surface area contributed by atoms with E-state index >= 15 is 0 Å². The number of nitrogens with zero attached hydrogens (tertiary/aromatic N) is 1. The van der Waals surface area contributed by atoms with Crippen LogP contribution in [0.2, 0.25) is 0 Å². The van der Waals surface area contributed by atoms with Crippen molar-refractivity contribution in [2.75, 3.05) is 18.5 Å². The molecule has 0 saturated carbocycles. The van der Waals surface area contributed by atoms with E-state index in [2.05, 4.69) is 10.3 Å². The van der Waals surface area contributed by atoms with Gasteiger partial charge in [0.1, 0.15) is 10.5 Å². The van der Waals surface area contributed by atoms with Crippen LogP contribution in [-0.2, 0) is 27.1 Å². The van der Waals surface area contributed by atoms with E-state index in [0.717, 1.165) is 42.5 Å². The molecule has 0 unspecified atom stereocenters. The zero-order valence-electron chi connectivity index (χ0n) is 17.1. The van der Waals surface area contributed by atoms with Crippen molar-refractivity contribution in [2.24, 2.45) is 0 Å². The van der Waals surface area contributed by atoms with Crippen LogP contribution in [0.15, 0.2) is 29.0 Å². The summed E-state index contributed by atoms with van der Waals surface area (Å²) < 4.78 is 15.5. The summed E-state index contributed by atoms with van der Waals surface area (Å²) in [5, 5.41) is 3.19. The summed E-state index contributed by atoms with van der Waals surface area (Å²) in [7, 11) is 0. The Bertz CT molecular complexity index is 1130. The largest absolute Gasteiger partial charge is 0.462 e. The molecule has 162 valence electrons. The second kappa shape index (κ2) is 9.30. The standard InChI is InChI=1S/C22H22N2O6S/c1-2-28-22(27)19-14-6-4-3-5-7-17(14)31-20(19)24-18(25)11-29-21(26)13-8-9-16-15(10-13)23-12-30-16/h8-10,12H,2-7,11H2,1H3,(H,24,25). The number of amides is 1. The molecule has 3 aromatic rings. The lowest BCUT2D eigenvalue weighted by molar-refractivity contribution is -0.119.